The van der Waals surface area contributed by atoms with Crippen molar-refractivity contribution in [2.24, 2.45) is 5.73 Å². The first kappa shape index (κ1) is 15.4. The molecule has 112 valence electrons. The lowest BCUT2D eigenvalue weighted by atomic mass is 10.1. The largest absolute Gasteiger partial charge is 0.330 e. The average Bonchev–Trinajstić information content (AvgIpc) is 2.43. The quantitative estimate of drug-likeness (QED) is 0.882. The molecule has 1 aromatic heterocycles. The van der Waals surface area contributed by atoms with Gasteiger partial charge in [0.25, 0.3) is 0 Å². The Morgan fingerprint density at radius 2 is 1.52 bits per heavy atom. The maximum Gasteiger partial charge on any atom is 0.194 e. The van der Waals surface area contributed by atoms with E-state index in [1.807, 2.05) is 0 Å². The molecule has 0 atom stereocenters. The van der Waals surface area contributed by atoms with Crippen molar-refractivity contribution in [2.45, 2.75) is 26.7 Å². The lowest BCUT2D eigenvalue weighted by Gasteiger charge is -2.11. The third-order valence-electron chi connectivity index (χ3n) is 3.29. The number of aromatic nitrogens is 2. The molecule has 0 aliphatic carbocycles. The van der Waals surface area contributed by atoms with Crippen LogP contribution >= 0.6 is 0 Å². The van der Waals surface area contributed by atoms with E-state index in [2.05, 4.69) is 9.97 Å². The van der Waals surface area contributed by atoms with Crippen molar-refractivity contribution < 1.29 is 13.2 Å². The van der Waals surface area contributed by atoms with Gasteiger partial charge in [0, 0.05) is 17.0 Å². The number of benzene rings is 1. The molecule has 0 radical (unpaired) electrons. The number of halogens is 3. The zero-order valence-corrected chi connectivity index (χ0v) is 11.9. The molecule has 2 aromatic rings. The van der Waals surface area contributed by atoms with Gasteiger partial charge in [0.1, 0.15) is 0 Å². The molecule has 2 rings (SSSR count). The van der Waals surface area contributed by atoms with Crippen LogP contribution in [0.3, 0.4) is 0 Å². The number of nitrogens with two attached hydrogens (primary N) is 1. The van der Waals surface area contributed by atoms with Crippen LogP contribution in [0, 0.1) is 31.3 Å². The molecule has 0 bridgehead atoms. The Bertz CT molecular complexity index is 625. The van der Waals surface area contributed by atoms with Crippen LogP contribution in [-0.2, 0) is 6.42 Å². The van der Waals surface area contributed by atoms with E-state index in [-0.39, 0.29) is 11.4 Å². The van der Waals surface area contributed by atoms with Gasteiger partial charge in [-0.05, 0) is 50.9 Å². The summed E-state index contributed by atoms with van der Waals surface area (Å²) >= 11 is 0. The van der Waals surface area contributed by atoms with Gasteiger partial charge in [-0.15, -0.1) is 0 Å². The van der Waals surface area contributed by atoms with Crippen LogP contribution in [0.25, 0.3) is 11.4 Å². The first-order valence-electron chi connectivity index (χ1n) is 6.63. The minimum absolute atomic E-state index is 0.114. The third-order valence-corrected chi connectivity index (χ3v) is 3.29. The third kappa shape index (κ3) is 3.21. The van der Waals surface area contributed by atoms with Crippen molar-refractivity contribution in [1.82, 2.24) is 9.97 Å². The molecular formula is C15H16F3N3. The van der Waals surface area contributed by atoms with Crippen LogP contribution in [-0.4, -0.2) is 16.5 Å². The molecule has 0 amide bonds. The number of nitrogens with zero attached hydrogens (tertiary/aromatic N) is 2. The molecule has 1 heterocycles. The van der Waals surface area contributed by atoms with E-state index in [4.69, 9.17) is 5.73 Å². The van der Waals surface area contributed by atoms with Crippen molar-refractivity contribution in [3.63, 3.8) is 0 Å². The molecule has 0 aliphatic rings. The zero-order valence-electron chi connectivity index (χ0n) is 11.9. The Labute approximate surface area is 121 Å². The molecular weight excluding hydrogens is 279 g/mol. The monoisotopic (exact) mass is 295 g/mol. The van der Waals surface area contributed by atoms with Gasteiger partial charge in [0.05, 0.1) is 0 Å². The molecule has 0 spiro atoms. The second-order valence-electron chi connectivity index (χ2n) is 4.84. The summed E-state index contributed by atoms with van der Waals surface area (Å²) < 4.78 is 39.6. The lowest BCUT2D eigenvalue weighted by molar-refractivity contribution is 0.447. The fraction of sp³-hybridized carbons (Fsp3) is 0.333. The normalized spacial score (nSPS) is 11.0. The molecule has 0 aliphatic heterocycles. The average molecular weight is 295 g/mol. The van der Waals surface area contributed by atoms with Gasteiger partial charge in [-0.1, -0.05) is 0 Å². The van der Waals surface area contributed by atoms with Gasteiger partial charge in [-0.3, -0.25) is 0 Å². The van der Waals surface area contributed by atoms with Crippen LogP contribution in [0.4, 0.5) is 13.2 Å². The van der Waals surface area contributed by atoms with Crippen LogP contribution in [0.1, 0.15) is 23.4 Å². The maximum absolute atomic E-state index is 13.3. The van der Waals surface area contributed by atoms with Gasteiger partial charge < -0.3 is 5.73 Å². The van der Waals surface area contributed by atoms with E-state index < -0.39 is 17.5 Å². The summed E-state index contributed by atoms with van der Waals surface area (Å²) in [6.07, 6.45) is 1.56. The molecule has 3 nitrogen and oxygen atoms in total. The Balaban J connectivity index is 2.46. The molecule has 0 fully saturated rings. The molecule has 2 N–H and O–H groups in total. The Morgan fingerprint density at radius 3 is 2.00 bits per heavy atom. The predicted octanol–water partition coefficient (Wildman–Crippen LogP) is 3.07. The van der Waals surface area contributed by atoms with Crippen LogP contribution in [0.5, 0.6) is 0 Å². The summed E-state index contributed by atoms with van der Waals surface area (Å²) in [6.45, 7) is 4.18. The summed E-state index contributed by atoms with van der Waals surface area (Å²) in [5, 5.41) is 0. The van der Waals surface area contributed by atoms with Gasteiger partial charge in [0.15, 0.2) is 23.3 Å². The zero-order chi connectivity index (χ0) is 15.6. The molecule has 1 aromatic carbocycles. The molecule has 0 unspecified atom stereocenters. The Hall–Kier alpha value is -1.95. The van der Waals surface area contributed by atoms with E-state index in [0.717, 1.165) is 41.9 Å². The summed E-state index contributed by atoms with van der Waals surface area (Å²) in [6, 6.07) is 1.79. The van der Waals surface area contributed by atoms with E-state index in [1.54, 1.807) is 13.8 Å². The topological polar surface area (TPSA) is 51.8 Å². The molecule has 21 heavy (non-hydrogen) atoms. The number of aryl methyl sites for hydroxylation is 2. The number of rotatable bonds is 4. The smallest absolute Gasteiger partial charge is 0.194 e. The van der Waals surface area contributed by atoms with Gasteiger partial charge in [0.2, 0.25) is 0 Å². The second-order valence-corrected chi connectivity index (χ2v) is 4.84. The number of hydrogen-bond acceptors (Lipinski definition) is 3. The predicted molar refractivity (Wildman–Crippen MR) is 74.2 cm³/mol. The standard InChI is InChI=1S/C15H16F3N3/c1-8-11(4-3-5-19)9(2)21-15(20-8)10-6-12(16)14(18)13(17)7-10/h6-7H,3-5,19H2,1-2H3. The highest BCUT2D eigenvalue weighted by atomic mass is 19.2. The molecule has 6 heteroatoms. The summed E-state index contributed by atoms with van der Waals surface area (Å²) in [5.41, 5.74) is 8.04. The van der Waals surface area contributed by atoms with E-state index in [0.29, 0.717) is 6.54 Å². The maximum atomic E-state index is 13.3. The lowest BCUT2D eigenvalue weighted by Crippen LogP contribution is -2.07. The summed E-state index contributed by atoms with van der Waals surface area (Å²) in [4.78, 5) is 8.52. The first-order chi connectivity index (χ1) is 9.93. The van der Waals surface area contributed by atoms with Crippen molar-refractivity contribution >= 4 is 0 Å². The van der Waals surface area contributed by atoms with E-state index >= 15 is 0 Å². The summed E-state index contributed by atoms with van der Waals surface area (Å²) in [5.74, 6) is -3.82. The number of hydrogen-bond donors (Lipinski definition) is 1. The van der Waals surface area contributed by atoms with Crippen LogP contribution < -0.4 is 5.73 Å². The Kier molecular flexibility index (Phi) is 4.57. The minimum Gasteiger partial charge on any atom is -0.330 e. The van der Waals surface area contributed by atoms with Crippen molar-refractivity contribution in [3.05, 3.63) is 46.5 Å². The minimum atomic E-state index is -1.49. The SMILES string of the molecule is Cc1nc(-c2cc(F)c(F)c(F)c2)nc(C)c1CCCN. The second kappa shape index (κ2) is 6.22. The van der Waals surface area contributed by atoms with Gasteiger partial charge in [-0.2, -0.15) is 0 Å². The molecule has 0 saturated carbocycles. The van der Waals surface area contributed by atoms with Gasteiger partial charge in [-0.25, -0.2) is 23.1 Å². The summed E-state index contributed by atoms with van der Waals surface area (Å²) in [7, 11) is 0. The van der Waals surface area contributed by atoms with E-state index in [9.17, 15) is 13.2 Å². The van der Waals surface area contributed by atoms with Crippen molar-refractivity contribution in [3.8, 4) is 11.4 Å². The van der Waals surface area contributed by atoms with Crippen molar-refractivity contribution in [1.29, 1.82) is 0 Å². The first-order valence-corrected chi connectivity index (χ1v) is 6.63. The van der Waals surface area contributed by atoms with Crippen LogP contribution in [0.2, 0.25) is 0 Å². The fourth-order valence-corrected chi connectivity index (χ4v) is 2.19. The highest BCUT2D eigenvalue weighted by Gasteiger charge is 2.15. The van der Waals surface area contributed by atoms with Crippen molar-refractivity contribution in [2.75, 3.05) is 6.54 Å². The fourth-order valence-electron chi connectivity index (χ4n) is 2.19. The van der Waals surface area contributed by atoms with E-state index in [1.165, 1.54) is 0 Å². The van der Waals surface area contributed by atoms with Crippen LogP contribution in [0.15, 0.2) is 12.1 Å². The Morgan fingerprint density at radius 1 is 1.00 bits per heavy atom. The van der Waals surface area contributed by atoms with Gasteiger partial charge >= 0.3 is 0 Å². The molecule has 0 saturated heterocycles. The highest BCUT2D eigenvalue weighted by molar-refractivity contribution is 5.56. The highest BCUT2D eigenvalue weighted by Crippen LogP contribution is 2.23.